The van der Waals surface area contributed by atoms with E-state index >= 15 is 0 Å². The van der Waals surface area contributed by atoms with Gasteiger partial charge in [-0.25, -0.2) is 8.42 Å². The Kier molecular flexibility index (Phi) is 10.9. The molecule has 0 aliphatic heterocycles. The van der Waals surface area contributed by atoms with Gasteiger partial charge in [0.25, 0.3) is 10.0 Å². The predicted octanol–water partition coefficient (Wildman–Crippen LogP) is 5.38. The van der Waals surface area contributed by atoms with Crippen LogP contribution in [-0.2, 0) is 26.2 Å². The SMILES string of the molecule is COc1ccc(S(=O)(=O)N(CC(=O)N(Cc2ccccc2C)[C@@H](C)C(=O)NC2CCCCC2)c2ccc(C)cc2)cc1OC. The Morgan fingerprint density at radius 3 is 2.20 bits per heavy atom. The first-order valence-electron chi connectivity index (χ1n) is 15.0. The van der Waals surface area contributed by atoms with E-state index in [1.165, 1.54) is 37.3 Å². The largest absolute Gasteiger partial charge is 0.493 e. The van der Waals surface area contributed by atoms with Gasteiger partial charge >= 0.3 is 0 Å². The number of anilines is 1. The van der Waals surface area contributed by atoms with Crippen LogP contribution in [0.2, 0.25) is 0 Å². The summed E-state index contributed by atoms with van der Waals surface area (Å²) in [6, 6.07) is 18.2. The molecule has 1 atom stereocenters. The maximum atomic E-state index is 14.2. The van der Waals surface area contributed by atoms with E-state index in [1.807, 2.05) is 38.1 Å². The number of hydrogen-bond donors (Lipinski definition) is 1. The molecule has 0 radical (unpaired) electrons. The number of sulfonamides is 1. The average molecular weight is 622 g/mol. The first-order valence-corrected chi connectivity index (χ1v) is 16.4. The molecule has 1 saturated carbocycles. The second kappa shape index (κ2) is 14.6. The van der Waals surface area contributed by atoms with Crippen molar-refractivity contribution in [3.05, 3.63) is 83.4 Å². The highest BCUT2D eigenvalue weighted by Gasteiger charge is 2.34. The summed E-state index contributed by atoms with van der Waals surface area (Å²) in [7, 11) is -1.35. The van der Waals surface area contributed by atoms with E-state index in [2.05, 4.69) is 5.32 Å². The molecule has 0 spiro atoms. The van der Waals surface area contributed by atoms with Crippen LogP contribution in [0, 0.1) is 13.8 Å². The normalized spacial score (nSPS) is 14.4. The highest BCUT2D eigenvalue weighted by Crippen LogP contribution is 2.32. The molecule has 44 heavy (non-hydrogen) atoms. The molecule has 1 aliphatic rings. The van der Waals surface area contributed by atoms with E-state index in [4.69, 9.17) is 9.47 Å². The average Bonchev–Trinajstić information content (AvgIpc) is 3.03. The monoisotopic (exact) mass is 621 g/mol. The molecule has 9 nitrogen and oxygen atoms in total. The van der Waals surface area contributed by atoms with Crippen LogP contribution in [-0.4, -0.2) is 58.0 Å². The van der Waals surface area contributed by atoms with Crippen LogP contribution in [0.1, 0.15) is 55.7 Å². The quantitative estimate of drug-likeness (QED) is 0.291. The summed E-state index contributed by atoms with van der Waals surface area (Å²) in [6.45, 7) is 5.20. The number of ether oxygens (including phenoxy) is 2. The summed E-state index contributed by atoms with van der Waals surface area (Å²) in [4.78, 5) is 29.2. The molecule has 0 heterocycles. The van der Waals surface area contributed by atoms with Crippen LogP contribution < -0.4 is 19.1 Å². The fourth-order valence-electron chi connectivity index (χ4n) is 5.47. The number of amides is 2. The van der Waals surface area contributed by atoms with Gasteiger partial charge in [0.05, 0.1) is 24.8 Å². The minimum atomic E-state index is -4.25. The van der Waals surface area contributed by atoms with Crippen molar-refractivity contribution in [1.82, 2.24) is 10.2 Å². The van der Waals surface area contributed by atoms with Crippen LogP contribution in [0.4, 0.5) is 5.69 Å². The second-order valence-corrected chi connectivity index (χ2v) is 13.2. The molecule has 1 aliphatic carbocycles. The van der Waals surface area contributed by atoms with Crippen molar-refractivity contribution in [3.63, 3.8) is 0 Å². The molecule has 10 heteroatoms. The maximum absolute atomic E-state index is 14.2. The Morgan fingerprint density at radius 1 is 0.909 bits per heavy atom. The van der Waals surface area contributed by atoms with E-state index in [0.29, 0.717) is 11.4 Å². The highest BCUT2D eigenvalue weighted by atomic mass is 32.2. The van der Waals surface area contributed by atoms with E-state index < -0.39 is 28.5 Å². The van der Waals surface area contributed by atoms with Gasteiger partial charge < -0.3 is 19.7 Å². The van der Waals surface area contributed by atoms with Crippen molar-refractivity contribution in [2.75, 3.05) is 25.1 Å². The van der Waals surface area contributed by atoms with Gasteiger partial charge in [0.15, 0.2) is 11.5 Å². The lowest BCUT2D eigenvalue weighted by Gasteiger charge is -2.33. The Bertz CT molecular complexity index is 1550. The zero-order chi connectivity index (χ0) is 31.9. The number of nitrogens with one attached hydrogen (secondary N) is 1. The van der Waals surface area contributed by atoms with Crippen molar-refractivity contribution in [2.24, 2.45) is 0 Å². The standard InChI is InChI=1S/C34H43N3O6S/c1-24-15-17-29(18-16-24)37(44(40,41)30-19-20-31(42-4)32(21-30)43-5)23-33(38)36(22-27-12-10-9-11-25(27)2)26(3)34(39)35-28-13-7-6-8-14-28/h9-12,15-21,26,28H,6-8,13-14,22-23H2,1-5H3,(H,35,39)/t26-/m0/s1. The lowest BCUT2D eigenvalue weighted by molar-refractivity contribution is -0.139. The summed E-state index contributed by atoms with van der Waals surface area (Å²) in [6.07, 6.45) is 5.10. The molecule has 0 saturated heterocycles. The van der Waals surface area contributed by atoms with E-state index in [1.54, 1.807) is 31.2 Å². The number of nitrogens with zero attached hydrogens (tertiary/aromatic N) is 2. The second-order valence-electron chi connectivity index (χ2n) is 11.3. The van der Waals surface area contributed by atoms with E-state index in [-0.39, 0.29) is 29.1 Å². The third-order valence-corrected chi connectivity index (χ3v) is 10.0. The van der Waals surface area contributed by atoms with Crippen molar-refractivity contribution in [1.29, 1.82) is 0 Å². The van der Waals surface area contributed by atoms with E-state index in [9.17, 15) is 18.0 Å². The van der Waals surface area contributed by atoms with Crippen LogP contribution in [0.5, 0.6) is 11.5 Å². The topological polar surface area (TPSA) is 105 Å². The summed E-state index contributed by atoms with van der Waals surface area (Å²) < 4.78 is 40.2. The first-order chi connectivity index (χ1) is 21.0. The molecule has 0 aromatic heterocycles. The number of carbonyl (C=O) groups excluding carboxylic acids is 2. The van der Waals surface area contributed by atoms with Crippen molar-refractivity contribution >= 4 is 27.5 Å². The molecular weight excluding hydrogens is 578 g/mol. The van der Waals surface area contributed by atoms with Crippen LogP contribution in [0.15, 0.2) is 71.6 Å². The van der Waals surface area contributed by atoms with Crippen molar-refractivity contribution in [3.8, 4) is 11.5 Å². The van der Waals surface area contributed by atoms with Crippen LogP contribution in [0.25, 0.3) is 0 Å². The summed E-state index contributed by atoms with van der Waals surface area (Å²) >= 11 is 0. The van der Waals surface area contributed by atoms with Gasteiger partial charge in [0, 0.05) is 18.7 Å². The molecule has 4 rings (SSSR count). The van der Waals surface area contributed by atoms with Crippen molar-refractivity contribution < 1.29 is 27.5 Å². The number of benzene rings is 3. The van der Waals surface area contributed by atoms with Crippen LogP contribution >= 0.6 is 0 Å². The number of aryl methyl sites for hydroxylation is 2. The number of methoxy groups -OCH3 is 2. The minimum Gasteiger partial charge on any atom is -0.493 e. The van der Waals surface area contributed by atoms with Crippen molar-refractivity contribution in [2.45, 2.75) is 76.4 Å². The van der Waals surface area contributed by atoms with Gasteiger partial charge in [0.2, 0.25) is 11.8 Å². The summed E-state index contributed by atoms with van der Waals surface area (Å²) in [5.74, 6) is -0.114. The van der Waals surface area contributed by atoms with Gasteiger partial charge in [-0.15, -0.1) is 0 Å². The van der Waals surface area contributed by atoms with Gasteiger partial charge in [0.1, 0.15) is 12.6 Å². The first kappa shape index (κ1) is 32.9. The minimum absolute atomic E-state index is 0.0583. The predicted molar refractivity (Wildman–Crippen MR) is 171 cm³/mol. The Labute approximate surface area is 261 Å². The number of hydrogen-bond acceptors (Lipinski definition) is 6. The van der Waals surface area contributed by atoms with Gasteiger partial charge in [-0.3, -0.25) is 13.9 Å². The third-order valence-electron chi connectivity index (χ3n) is 8.26. The Hall–Kier alpha value is -4.05. The molecule has 3 aromatic rings. The summed E-state index contributed by atoms with van der Waals surface area (Å²) in [5, 5.41) is 3.13. The fourth-order valence-corrected chi connectivity index (χ4v) is 6.90. The molecule has 0 bridgehead atoms. The van der Waals surface area contributed by atoms with Gasteiger partial charge in [-0.05, 0) is 69.0 Å². The Balaban J connectivity index is 1.71. The lowest BCUT2D eigenvalue weighted by Crippen LogP contribution is -2.53. The maximum Gasteiger partial charge on any atom is 0.264 e. The lowest BCUT2D eigenvalue weighted by atomic mass is 9.95. The van der Waals surface area contributed by atoms with Crippen LogP contribution in [0.3, 0.4) is 0 Å². The zero-order valence-electron chi connectivity index (χ0n) is 26.2. The Morgan fingerprint density at radius 2 is 1.57 bits per heavy atom. The number of rotatable bonds is 12. The molecule has 1 N–H and O–H groups in total. The molecule has 2 amide bonds. The fraction of sp³-hybridized carbons (Fsp3) is 0.412. The number of carbonyl (C=O) groups is 2. The molecule has 0 unspecified atom stereocenters. The highest BCUT2D eigenvalue weighted by molar-refractivity contribution is 7.92. The van der Waals surface area contributed by atoms with Gasteiger partial charge in [-0.1, -0.05) is 61.2 Å². The van der Waals surface area contributed by atoms with Gasteiger partial charge in [-0.2, -0.15) is 0 Å². The molecular formula is C34H43N3O6S. The molecule has 236 valence electrons. The molecule has 1 fully saturated rings. The summed E-state index contributed by atoms with van der Waals surface area (Å²) in [5.41, 5.74) is 3.12. The van der Waals surface area contributed by atoms with E-state index in [0.717, 1.165) is 53.1 Å². The molecule has 3 aromatic carbocycles. The smallest absolute Gasteiger partial charge is 0.264 e. The third kappa shape index (κ3) is 7.72. The zero-order valence-corrected chi connectivity index (χ0v) is 27.0.